The molecule has 0 saturated carbocycles. The molecular formula is C21H22FN3O3S. The molecule has 8 heteroatoms. The molecule has 0 aliphatic heterocycles. The number of anilines is 1. The third kappa shape index (κ3) is 5.14. The summed E-state index contributed by atoms with van der Waals surface area (Å²) in [6.45, 7) is 6.16. The summed E-state index contributed by atoms with van der Waals surface area (Å²) in [4.78, 5) is 14.4. The first-order valence-electron chi connectivity index (χ1n) is 9.23. The van der Waals surface area contributed by atoms with Gasteiger partial charge in [0, 0.05) is 12.2 Å². The van der Waals surface area contributed by atoms with Crippen LogP contribution in [0.15, 0.2) is 58.2 Å². The molecule has 0 N–H and O–H groups in total. The molecule has 2 aromatic carbocycles. The number of rotatable bonds is 8. The van der Waals surface area contributed by atoms with E-state index in [1.165, 1.54) is 12.1 Å². The highest BCUT2D eigenvalue weighted by Crippen LogP contribution is 2.26. The molecule has 6 nitrogen and oxygen atoms in total. The molecule has 0 unspecified atom stereocenters. The molecule has 0 bridgehead atoms. The van der Waals surface area contributed by atoms with E-state index in [1.54, 1.807) is 24.0 Å². The molecule has 152 valence electrons. The molecule has 1 atom stereocenters. The molecule has 1 aromatic heterocycles. The largest absolute Gasteiger partial charge is 0.478 e. The molecule has 3 rings (SSSR count). The fourth-order valence-electron chi connectivity index (χ4n) is 2.77. The highest BCUT2D eigenvalue weighted by molar-refractivity contribution is 7.99. The van der Waals surface area contributed by atoms with Crippen molar-refractivity contribution in [3.8, 4) is 5.75 Å². The van der Waals surface area contributed by atoms with E-state index in [9.17, 15) is 9.18 Å². The second-order valence-corrected chi connectivity index (χ2v) is 7.24. The van der Waals surface area contributed by atoms with E-state index in [-0.39, 0.29) is 28.5 Å². The topological polar surface area (TPSA) is 68.5 Å². The van der Waals surface area contributed by atoms with Crippen molar-refractivity contribution in [2.24, 2.45) is 0 Å². The van der Waals surface area contributed by atoms with Gasteiger partial charge in [0.1, 0.15) is 0 Å². The van der Waals surface area contributed by atoms with Gasteiger partial charge in [-0.1, -0.05) is 42.1 Å². The Morgan fingerprint density at radius 3 is 2.66 bits per heavy atom. The Morgan fingerprint density at radius 1 is 1.21 bits per heavy atom. The van der Waals surface area contributed by atoms with Crippen molar-refractivity contribution in [2.75, 3.05) is 17.2 Å². The van der Waals surface area contributed by atoms with Crippen molar-refractivity contribution in [3.63, 3.8) is 0 Å². The van der Waals surface area contributed by atoms with E-state index in [1.807, 2.05) is 38.1 Å². The Balaban J connectivity index is 1.60. The van der Waals surface area contributed by atoms with Gasteiger partial charge in [-0.25, -0.2) is 4.39 Å². The number of nitrogens with zero attached hydrogens (tertiary/aromatic N) is 3. The van der Waals surface area contributed by atoms with Gasteiger partial charge in [0.25, 0.3) is 11.1 Å². The van der Waals surface area contributed by atoms with Crippen molar-refractivity contribution < 1.29 is 18.3 Å². The molecule has 29 heavy (non-hydrogen) atoms. The summed E-state index contributed by atoms with van der Waals surface area (Å²) in [6.07, 6.45) is -0.622. The second kappa shape index (κ2) is 9.56. The van der Waals surface area contributed by atoms with Crippen molar-refractivity contribution in [2.45, 2.75) is 32.1 Å². The van der Waals surface area contributed by atoms with Crippen molar-refractivity contribution >= 4 is 23.4 Å². The smallest absolute Gasteiger partial charge is 0.277 e. The Labute approximate surface area is 173 Å². The highest BCUT2D eigenvalue weighted by atomic mass is 32.2. The Kier molecular flexibility index (Phi) is 6.87. The zero-order valence-electron chi connectivity index (χ0n) is 16.5. The minimum Gasteiger partial charge on any atom is -0.478 e. The molecule has 0 spiro atoms. The Bertz CT molecular complexity index is 979. The number of ether oxygens (including phenoxy) is 1. The van der Waals surface area contributed by atoms with Crippen LogP contribution in [0.3, 0.4) is 0 Å². The van der Waals surface area contributed by atoms with Gasteiger partial charge in [-0.3, -0.25) is 4.79 Å². The van der Waals surface area contributed by atoms with Gasteiger partial charge in [-0.15, -0.1) is 10.2 Å². The normalized spacial score (nSPS) is 11.9. The average Bonchev–Trinajstić information content (AvgIpc) is 3.19. The van der Waals surface area contributed by atoms with Crippen LogP contribution < -0.4 is 9.64 Å². The summed E-state index contributed by atoms with van der Waals surface area (Å²) >= 11 is 1.16. The lowest BCUT2D eigenvalue weighted by molar-refractivity contribution is -0.116. The molecule has 0 aliphatic carbocycles. The van der Waals surface area contributed by atoms with E-state index in [0.29, 0.717) is 6.54 Å². The standard InChI is InChI=1S/C21H22FN3O3S/c1-4-25(17-11-7-5-9-14(17)2)19(26)13-29-21-24-23-20(28-21)15(3)27-18-12-8-6-10-16(18)22/h5-12,15H,4,13H2,1-3H3/t15-/m0/s1. The van der Waals surface area contributed by atoms with Gasteiger partial charge in [-0.05, 0) is 44.5 Å². The van der Waals surface area contributed by atoms with E-state index < -0.39 is 11.9 Å². The van der Waals surface area contributed by atoms with Gasteiger partial charge in [0.15, 0.2) is 17.7 Å². The number of aromatic nitrogens is 2. The first-order valence-corrected chi connectivity index (χ1v) is 10.2. The number of halogens is 1. The third-order valence-corrected chi connectivity index (χ3v) is 5.06. The number of para-hydroxylation sites is 2. The predicted octanol–water partition coefficient (Wildman–Crippen LogP) is 4.80. The lowest BCUT2D eigenvalue weighted by Gasteiger charge is -2.22. The highest BCUT2D eigenvalue weighted by Gasteiger charge is 2.20. The number of hydrogen-bond acceptors (Lipinski definition) is 6. The number of benzene rings is 2. The molecule has 0 aliphatic rings. The van der Waals surface area contributed by atoms with Gasteiger partial charge in [0.05, 0.1) is 5.75 Å². The van der Waals surface area contributed by atoms with Gasteiger partial charge < -0.3 is 14.1 Å². The summed E-state index contributed by atoms with van der Waals surface area (Å²) in [6, 6.07) is 13.9. The maximum atomic E-state index is 13.7. The minimum atomic E-state index is -0.622. The van der Waals surface area contributed by atoms with Crippen LogP contribution in [-0.4, -0.2) is 28.4 Å². The lowest BCUT2D eigenvalue weighted by Crippen LogP contribution is -2.32. The quantitative estimate of drug-likeness (QED) is 0.492. The zero-order chi connectivity index (χ0) is 20.8. The first kappa shape index (κ1) is 20.9. The molecular weight excluding hydrogens is 393 g/mol. The zero-order valence-corrected chi connectivity index (χ0v) is 17.3. The van der Waals surface area contributed by atoms with Crippen molar-refractivity contribution in [3.05, 3.63) is 65.8 Å². The van der Waals surface area contributed by atoms with Crippen molar-refractivity contribution in [1.82, 2.24) is 10.2 Å². The molecule has 0 radical (unpaired) electrons. The van der Waals surface area contributed by atoms with E-state index in [4.69, 9.17) is 9.15 Å². The molecule has 0 fully saturated rings. The molecule has 3 aromatic rings. The number of carbonyl (C=O) groups is 1. The van der Waals surface area contributed by atoms with Crippen LogP contribution in [0.4, 0.5) is 10.1 Å². The van der Waals surface area contributed by atoms with Crippen LogP contribution in [0, 0.1) is 12.7 Å². The van der Waals surface area contributed by atoms with Crippen LogP contribution in [0.2, 0.25) is 0 Å². The summed E-state index contributed by atoms with van der Waals surface area (Å²) in [7, 11) is 0. The number of carbonyl (C=O) groups excluding carboxylic acids is 1. The van der Waals surface area contributed by atoms with Gasteiger partial charge >= 0.3 is 0 Å². The van der Waals surface area contributed by atoms with Crippen LogP contribution in [0.1, 0.15) is 31.4 Å². The number of amides is 1. The number of aryl methyl sites for hydroxylation is 1. The third-order valence-electron chi connectivity index (χ3n) is 4.25. The number of hydrogen-bond donors (Lipinski definition) is 0. The summed E-state index contributed by atoms with van der Waals surface area (Å²) in [5.74, 6) is -0.0298. The molecule has 0 saturated heterocycles. The van der Waals surface area contributed by atoms with E-state index in [0.717, 1.165) is 23.0 Å². The van der Waals surface area contributed by atoms with Crippen LogP contribution in [0.25, 0.3) is 0 Å². The van der Waals surface area contributed by atoms with Crippen LogP contribution in [-0.2, 0) is 4.79 Å². The number of thioether (sulfide) groups is 1. The van der Waals surface area contributed by atoms with Gasteiger partial charge in [0.2, 0.25) is 5.91 Å². The fourth-order valence-corrected chi connectivity index (χ4v) is 3.42. The maximum Gasteiger partial charge on any atom is 0.277 e. The average molecular weight is 415 g/mol. The second-order valence-electron chi connectivity index (χ2n) is 6.31. The Hall–Kier alpha value is -2.87. The van der Waals surface area contributed by atoms with Crippen LogP contribution >= 0.6 is 11.8 Å². The molecule has 1 amide bonds. The Morgan fingerprint density at radius 2 is 1.93 bits per heavy atom. The first-order chi connectivity index (χ1) is 14.0. The summed E-state index contributed by atoms with van der Waals surface area (Å²) < 4.78 is 24.8. The lowest BCUT2D eigenvalue weighted by atomic mass is 10.2. The summed E-state index contributed by atoms with van der Waals surface area (Å²) in [5.41, 5.74) is 1.92. The monoisotopic (exact) mass is 415 g/mol. The van der Waals surface area contributed by atoms with Crippen LogP contribution in [0.5, 0.6) is 5.75 Å². The summed E-state index contributed by atoms with van der Waals surface area (Å²) in [5, 5.41) is 8.16. The minimum absolute atomic E-state index is 0.0535. The SMILES string of the molecule is CCN(C(=O)CSc1nnc([C@H](C)Oc2ccccc2F)o1)c1ccccc1C. The fraction of sp³-hybridized carbons (Fsp3) is 0.286. The van der Waals surface area contributed by atoms with Gasteiger partial charge in [-0.2, -0.15) is 0 Å². The predicted molar refractivity (Wildman–Crippen MR) is 110 cm³/mol. The van der Waals surface area contributed by atoms with Crippen molar-refractivity contribution in [1.29, 1.82) is 0 Å². The maximum absolute atomic E-state index is 13.7. The van der Waals surface area contributed by atoms with E-state index in [2.05, 4.69) is 10.2 Å². The van der Waals surface area contributed by atoms with E-state index >= 15 is 0 Å². The molecule has 1 heterocycles.